The summed E-state index contributed by atoms with van der Waals surface area (Å²) in [4.78, 5) is 0. The minimum atomic E-state index is 0.788. The van der Waals surface area contributed by atoms with Crippen LogP contribution in [-0.2, 0) is 0 Å². The SMILES string of the molecule is C#CCCCCCCCl. The predicted molar refractivity (Wildman–Crippen MR) is 42.6 cm³/mol. The monoisotopic (exact) mass is 144 g/mol. The molecule has 0 heterocycles. The summed E-state index contributed by atoms with van der Waals surface area (Å²) in [6.07, 6.45) is 10.7. The number of hydrogen-bond acceptors (Lipinski definition) is 0. The lowest BCUT2D eigenvalue weighted by molar-refractivity contribution is 0.682. The molecule has 0 amide bonds. The Morgan fingerprint density at radius 3 is 2.33 bits per heavy atom. The zero-order chi connectivity index (χ0) is 6.95. The third kappa shape index (κ3) is 7.85. The van der Waals surface area contributed by atoms with Crippen LogP contribution in [0.25, 0.3) is 0 Å². The third-order valence-corrected chi connectivity index (χ3v) is 1.47. The fraction of sp³-hybridized carbons (Fsp3) is 0.750. The van der Waals surface area contributed by atoms with E-state index in [1.54, 1.807) is 0 Å². The number of halogens is 1. The van der Waals surface area contributed by atoms with E-state index in [1.165, 1.54) is 12.8 Å². The minimum absolute atomic E-state index is 0.788. The molecule has 0 aliphatic carbocycles. The number of alkyl halides is 1. The molecule has 52 valence electrons. The molecule has 0 radical (unpaired) electrons. The molecule has 0 aliphatic rings. The van der Waals surface area contributed by atoms with Gasteiger partial charge in [0.15, 0.2) is 0 Å². The molecule has 9 heavy (non-hydrogen) atoms. The van der Waals surface area contributed by atoms with Crippen molar-refractivity contribution >= 4 is 11.6 Å². The van der Waals surface area contributed by atoms with Gasteiger partial charge >= 0.3 is 0 Å². The lowest BCUT2D eigenvalue weighted by atomic mass is 10.2. The van der Waals surface area contributed by atoms with Crippen molar-refractivity contribution in [2.75, 3.05) is 5.88 Å². The summed E-state index contributed by atoms with van der Waals surface area (Å²) in [6.45, 7) is 0. The highest BCUT2D eigenvalue weighted by atomic mass is 35.5. The summed E-state index contributed by atoms with van der Waals surface area (Å²) in [6, 6.07) is 0. The van der Waals surface area contributed by atoms with Gasteiger partial charge in [0.25, 0.3) is 0 Å². The van der Waals surface area contributed by atoms with E-state index >= 15 is 0 Å². The highest BCUT2D eigenvalue weighted by Crippen LogP contribution is 2.02. The van der Waals surface area contributed by atoms with Crippen molar-refractivity contribution in [3.05, 3.63) is 0 Å². The van der Waals surface area contributed by atoms with Gasteiger partial charge in [-0.3, -0.25) is 0 Å². The molecule has 0 unspecified atom stereocenters. The highest BCUT2D eigenvalue weighted by Gasteiger charge is 1.85. The molecule has 0 saturated carbocycles. The van der Waals surface area contributed by atoms with Crippen LogP contribution in [0.5, 0.6) is 0 Å². The Morgan fingerprint density at radius 1 is 1.11 bits per heavy atom. The minimum Gasteiger partial charge on any atom is -0.127 e. The van der Waals surface area contributed by atoms with Crippen LogP contribution in [0.3, 0.4) is 0 Å². The molecule has 0 atom stereocenters. The molecular formula is C8H13Cl. The smallest absolute Gasteiger partial charge is 0.0223 e. The average molecular weight is 145 g/mol. The van der Waals surface area contributed by atoms with Gasteiger partial charge in [0.05, 0.1) is 0 Å². The topological polar surface area (TPSA) is 0 Å². The van der Waals surface area contributed by atoms with Gasteiger partial charge in [-0.1, -0.05) is 12.8 Å². The quantitative estimate of drug-likeness (QED) is 0.316. The summed E-state index contributed by atoms with van der Waals surface area (Å²) in [7, 11) is 0. The molecule has 0 aromatic heterocycles. The molecule has 0 saturated heterocycles. The lowest BCUT2D eigenvalue weighted by Gasteiger charge is -1.92. The number of terminal acetylenes is 1. The molecule has 0 fully saturated rings. The van der Waals surface area contributed by atoms with Gasteiger partial charge in [-0.25, -0.2) is 0 Å². The van der Waals surface area contributed by atoms with Gasteiger partial charge < -0.3 is 0 Å². The second kappa shape index (κ2) is 7.85. The van der Waals surface area contributed by atoms with Crippen LogP contribution < -0.4 is 0 Å². The van der Waals surface area contributed by atoms with E-state index < -0.39 is 0 Å². The number of unbranched alkanes of at least 4 members (excludes halogenated alkanes) is 4. The van der Waals surface area contributed by atoms with Gasteiger partial charge in [-0.2, -0.15) is 0 Å². The summed E-state index contributed by atoms with van der Waals surface area (Å²) >= 11 is 5.47. The molecule has 0 bridgehead atoms. The summed E-state index contributed by atoms with van der Waals surface area (Å²) in [5.41, 5.74) is 0. The van der Waals surface area contributed by atoms with Crippen molar-refractivity contribution in [2.45, 2.75) is 32.1 Å². The van der Waals surface area contributed by atoms with Gasteiger partial charge in [0.2, 0.25) is 0 Å². The van der Waals surface area contributed by atoms with Crippen LogP contribution in [0, 0.1) is 12.3 Å². The molecule has 1 heteroatoms. The Balaban J connectivity index is 2.69. The van der Waals surface area contributed by atoms with Crippen molar-refractivity contribution in [2.24, 2.45) is 0 Å². The zero-order valence-corrected chi connectivity index (χ0v) is 6.45. The first-order chi connectivity index (χ1) is 4.41. The van der Waals surface area contributed by atoms with Gasteiger partial charge in [-0.05, 0) is 12.8 Å². The Labute approximate surface area is 62.6 Å². The molecule has 0 nitrogen and oxygen atoms in total. The summed E-state index contributed by atoms with van der Waals surface area (Å²) < 4.78 is 0. The van der Waals surface area contributed by atoms with E-state index in [4.69, 9.17) is 18.0 Å². The molecule has 0 aromatic rings. The van der Waals surface area contributed by atoms with E-state index in [2.05, 4.69) is 5.92 Å². The van der Waals surface area contributed by atoms with Crippen LogP contribution in [-0.4, -0.2) is 5.88 Å². The normalized spacial score (nSPS) is 8.89. The first kappa shape index (κ1) is 8.85. The van der Waals surface area contributed by atoms with E-state index in [0.717, 1.165) is 25.1 Å². The van der Waals surface area contributed by atoms with Gasteiger partial charge in [0.1, 0.15) is 0 Å². The molecule has 0 spiro atoms. The van der Waals surface area contributed by atoms with Crippen LogP contribution in [0.1, 0.15) is 32.1 Å². The maximum atomic E-state index is 5.47. The predicted octanol–water partition coefficient (Wildman–Crippen LogP) is 2.81. The zero-order valence-electron chi connectivity index (χ0n) is 5.70. The standard InChI is InChI=1S/C8H13Cl/c1-2-3-4-5-6-7-8-9/h1H,3-8H2. The van der Waals surface area contributed by atoms with Crippen LogP contribution in [0.2, 0.25) is 0 Å². The van der Waals surface area contributed by atoms with Crippen molar-refractivity contribution in [3.63, 3.8) is 0 Å². The largest absolute Gasteiger partial charge is 0.127 e. The second-order valence-corrected chi connectivity index (χ2v) is 2.44. The fourth-order valence-corrected chi connectivity index (χ4v) is 0.864. The number of rotatable bonds is 5. The first-order valence-corrected chi connectivity index (χ1v) is 3.94. The highest BCUT2D eigenvalue weighted by molar-refractivity contribution is 6.17. The molecule has 0 aromatic carbocycles. The molecule has 0 N–H and O–H groups in total. The summed E-state index contributed by atoms with van der Waals surface area (Å²) in [5.74, 6) is 3.40. The average Bonchev–Trinajstić information content (AvgIpc) is 1.89. The van der Waals surface area contributed by atoms with Gasteiger partial charge in [-0.15, -0.1) is 23.9 Å². The lowest BCUT2D eigenvalue weighted by Crippen LogP contribution is -1.77. The van der Waals surface area contributed by atoms with Crippen molar-refractivity contribution in [3.8, 4) is 12.3 Å². The molecular weight excluding hydrogens is 132 g/mol. The van der Waals surface area contributed by atoms with E-state index in [1.807, 2.05) is 0 Å². The maximum Gasteiger partial charge on any atom is 0.0223 e. The Bertz CT molecular complexity index is 81.1. The van der Waals surface area contributed by atoms with Crippen molar-refractivity contribution in [1.82, 2.24) is 0 Å². The Hall–Kier alpha value is -0.150. The Kier molecular flexibility index (Phi) is 7.72. The van der Waals surface area contributed by atoms with E-state index in [-0.39, 0.29) is 0 Å². The third-order valence-electron chi connectivity index (χ3n) is 1.20. The first-order valence-electron chi connectivity index (χ1n) is 3.41. The van der Waals surface area contributed by atoms with E-state index in [9.17, 15) is 0 Å². The van der Waals surface area contributed by atoms with E-state index in [0.29, 0.717) is 0 Å². The van der Waals surface area contributed by atoms with Crippen LogP contribution in [0.15, 0.2) is 0 Å². The summed E-state index contributed by atoms with van der Waals surface area (Å²) in [5, 5.41) is 0. The molecule has 0 aliphatic heterocycles. The molecule has 0 rings (SSSR count). The van der Waals surface area contributed by atoms with Crippen LogP contribution in [0.4, 0.5) is 0 Å². The maximum absolute atomic E-state index is 5.47. The number of hydrogen-bond donors (Lipinski definition) is 0. The fourth-order valence-electron chi connectivity index (χ4n) is 0.675. The van der Waals surface area contributed by atoms with Crippen molar-refractivity contribution < 1.29 is 0 Å². The van der Waals surface area contributed by atoms with Gasteiger partial charge in [0, 0.05) is 12.3 Å². The van der Waals surface area contributed by atoms with Crippen molar-refractivity contribution in [1.29, 1.82) is 0 Å². The Morgan fingerprint density at radius 2 is 1.78 bits per heavy atom. The second-order valence-electron chi connectivity index (χ2n) is 2.06. The van der Waals surface area contributed by atoms with Crippen LogP contribution >= 0.6 is 11.6 Å².